The predicted octanol–water partition coefficient (Wildman–Crippen LogP) is 11.3. The molecule has 20 rings (SSSR count). The van der Waals surface area contributed by atoms with Gasteiger partial charge in [-0.25, -0.2) is 79.7 Å². The molecule has 8 aliphatic heterocycles. The van der Waals surface area contributed by atoms with Crippen molar-refractivity contribution >= 4 is 86.8 Å². The van der Waals surface area contributed by atoms with Crippen molar-refractivity contribution in [2.75, 3.05) is 85.1 Å². The fraction of sp³-hybridized carbons (Fsp3) is 0.358. The van der Waals surface area contributed by atoms with Gasteiger partial charge in [0.2, 0.25) is 5.95 Å². The Kier molecular flexibility index (Phi) is 23.1. The van der Waals surface area contributed by atoms with Gasteiger partial charge in [-0.2, -0.15) is 39.5 Å². The number of fused-ring (bicyclic) bond motifs is 4. The van der Waals surface area contributed by atoms with Crippen LogP contribution in [0.5, 0.6) is 0 Å². The van der Waals surface area contributed by atoms with E-state index in [-0.39, 0.29) is 83.7 Å². The fourth-order valence-electron chi connectivity index (χ4n) is 15.8. The number of halogens is 10. The Morgan fingerprint density at radius 3 is 1.22 bits per heavy atom. The van der Waals surface area contributed by atoms with E-state index in [2.05, 4.69) is 158 Å². The SMILES string of the molecule is CC1C(C2=CCN=C2)NCCN1c1ccnc(-c2cnc3cnc(Br)cn23)n1.CC1C(C2=CCN=C2)OCCN1c1nccc(-c2cnc3cnc(C(F)(F)F)cn23)n1.CC1CN(c2ccnc(-c3cnc4cnc(C(F)(F)F)cn34)n2)C(C)C(C2=CCN=C2)O1.CC1CN(c2ccnc(-c3cnc4cnc(C(F)(F)F)cn34)n2)C(C)C(C2=CCN=C2)O1. The van der Waals surface area contributed by atoms with Gasteiger partial charge in [0.1, 0.15) is 57.5 Å². The Hall–Kier alpha value is -12.7. The Morgan fingerprint density at radius 2 is 0.780 bits per heavy atom. The molecule has 634 valence electrons. The van der Waals surface area contributed by atoms with Crippen molar-refractivity contribution in [2.24, 2.45) is 20.0 Å². The van der Waals surface area contributed by atoms with Crippen LogP contribution in [0.1, 0.15) is 58.6 Å². The number of nitrogens with one attached hydrogen (secondary N) is 1. The second kappa shape index (κ2) is 34.3. The maximum atomic E-state index is 13.1. The summed E-state index contributed by atoms with van der Waals surface area (Å²) in [6, 6.07) is 7.62. The zero-order valence-electron chi connectivity index (χ0n) is 66.5. The third kappa shape index (κ3) is 17.4. The molecule has 8 aliphatic rings. The lowest BCUT2D eigenvalue weighted by molar-refractivity contribution is -0.142. The Bertz CT molecular complexity index is 6010. The number of piperazine rings is 1. The summed E-state index contributed by atoms with van der Waals surface area (Å²) >= 11 is 3.42. The first-order chi connectivity index (χ1) is 59.2. The maximum Gasteiger partial charge on any atom is 0.434 e. The van der Waals surface area contributed by atoms with Gasteiger partial charge in [0, 0.05) is 113 Å². The van der Waals surface area contributed by atoms with E-state index in [4.69, 9.17) is 19.2 Å². The van der Waals surface area contributed by atoms with Gasteiger partial charge in [-0.3, -0.25) is 37.6 Å². The van der Waals surface area contributed by atoms with Crippen LogP contribution < -0.4 is 24.9 Å². The molecule has 12 aromatic rings. The number of ether oxygens (including phenoxy) is 3. The Morgan fingerprint density at radius 1 is 0.390 bits per heavy atom. The molecular weight excluding hydrogens is 1680 g/mol. The number of anilines is 4. The number of imidazole rings is 4. The van der Waals surface area contributed by atoms with Crippen LogP contribution in [0.25, 0.3) is 68.5 Å². The summed E-state index contributed by atoms with van der Waals surface area (Å²) in [7, 11) is 0. The van der Waals surface area contributed by atoms with E-state index in [0.717, 1.165) is 95.3 Å². The minimum Gasteiger partial charge on any atom is -0.369 e. The molecule has 32 nitrogen and oxygen atoms in total. The van der Waals surface area contributed by atoms with Crippen LogP contribution in [0.4, 0.5) is 62.9 Å². The van der Waals surface area contributed by atoms with E-state index >= 15 is 0 Å². The molecule has 0 radical (unpaired) electrons. The molecule has 0 aromatic carbocycles. The molecule has 0 bridgehead atoms. The number of hydrogen-bond acceptors (Lipinski definition) is 28. The summed E-state index contributed by atoms with van der Waals surface area (Å²) in [5.74, 6) is 3.93. The third-order valence-corrected chi connectivity index (χ3v) is 22.3. The predicted molar refractivity (Wildman–Crippen MR) is 442 cm³/mol. The topological polar surface area (TPSA) is 326 Å². The summed E-state index contributed by atoms with van der Waals surface area (Å²) in [5.41, 5.74) is 5.41. The monoisotopic (exact) mass is 1750 g/mol. The normalized spacial score (nSPS) is 22.8. The molecule has 4 fully saturated rings. The molecule has 10 atom stereocenters. The fourth-order valence-corrected chi connectivity index (χ4v) is 16.1. The molecule has 1 N–H and O–H groups in total. The number of morpholine rings is 3. The van der Waals surface area contributed by atoms with Crippen LogP contribution >= 0.6 is 15.9 Å². The van der Waals surface area contributed by atoms with Crippen molar-refractivity contribution in [1.82, 2.24) is 103 Å². The van der Waals surface area contributed by atoms with Gasteiger partial charge in [0.05, 0.1) is 130 Å². The number of alkyl halides is 9. The summed E-state index contributed by atoms with van der Waals surface area (Å²) in [6.07, 6.45) is 24.0. The largest absolute Gasteiger partial charge is 0.434 e. The highest BCUT2D eigenvalue weighted by Gasteiger charge is 2.41. The number of aromatic nitrogens is 20. The van der Waals surface area contributed by atoms with Crippen LogP contribution in [-0.4, -0.2) is 248 Å². The molecule has 20 heterocycles. The minimum atomic E-state index is -4.56. The van der Waals surface area contributed by atoms with Crippen molar-refractivity contribution in [3.8, 4) is 45.9 Å². The van der Waals surface area contributed by atoms with Crippen LogP contribution in [-0.2, 0) is 32.7 Å². The van der Waals surface area contributed by atoms with Gasteiger partial charge < -0.3 is 39.1 Å². The Balaban J connectivity index is 0.000000116. The molecule has 0 saturated carbocycles. The first-order valence-electron chi connectivity index (χ1n) is 39.3. The molecule has 12 aromatic heterocycles. The van der Waals surface area contributed by atoms with E-state index in [1.54, 1.807) is 49.2 Å². The molecule has 0 amide bonds. The van der Waals surface area contributed by atoms with Gasteiger partial charge in [-0.15, -0.1) is 0 Å². The lowest BCUT2D eigenvalue weighted by atomic mass is 9.98. The average Bonchev–Trinajstić information content (AvgIpc) is 1.76. The van der Waals surface area contributed by atoms with Crippen molar-refractivity contribution < 1.29 is 53.7 Å². The highest BCUT2D eigenvalue weighted by molar-refractivity contribution is 9.10. The van der Waals surface area contributed by atoms with Gasteiger partial charge in [0.15, 0.2) is 57.1 Å². The van der Waals surface area contributed by atoms with Crippen molar-refractivity contribution in [3.05, 3.63) is 192 Å². The van der Waals surface area contributed by atoms with E-state index in [1.807, 2.05) is 91.6 Å². The van der Waals surface area contributed by atoms with E-state index in [9.17, 15) is 39.5 Å². The van der Waals surface area contributed by atoms with Gasteiger partial charge >= 0.3 is 18.5 Å². The smallest absolute Gasteiger partial charge is 0.369 e. The first kappa shape index (κ1) is 82.6. The highest BCUT2D eigenvalue weighted by atomic mass is 79.9. The first-order valence-corrected chi connectivity index (χ1v) is 40.1. The quantitative estimate of drug-likeness (QED) is 0.111. The van der Waals surface area contributed by atoms with E-state index in [1.165, 1.54) is 37.4 Å². The van der Waals surface area contributed by atoms with Crippen molar-refractivity contribution in [2.45, 2.75) is 121 Å². The van der Waals surface area contributed by atoms with Crippen molar-refractivity contribution in [1.29, 1.82) is 0 Å². The number of hydrogen-bond donors (Lipinski definition) is 1. The lowest BCUT2D eigenvalue weighted by Crippen LogP contribution is -2.57. The standard InChI is InChI=1S/2C21H20F3N7O.C20H18F3N7O.C19H19BrN8/c2*1-12-10-30(13(2)19(32-12)14-3-5-25-7-14)17-4-6-26-20(29-17)15-8-28-18-9-27-16(11-31(15)18)21(22,23)24;1-12-18(13-2-4-24-8-13)31-7-6-29(12)19-25-5-3-14(28-19)15-9-27-17-10-26-16(11-30(15)17)20(21,22)23;1-12-18(13-2-4-21-8-13)22-6-7-27(12)16-3-5-23-19(26-16)14-9-25-17-10-24-15(20)11-28(14)17/h2*3-4,6-9,11-13,19H,5,10H2,1-2H3;2-3,5,8-12,18H,4,6-7H2,1H3;2-3,5,8-12,18,22H,4,6-7H2,1H3. The molecular formula is C81H77BrF9N29O3. The van der Waals surface area contributed by atoms with Crippen LogP contribution in [0.15, 0.2) is 195 Å². The molecule has 10 unspecified atom stereocenters. The number of rotatable bonds is 12. The van der Waals surface area contributed by atoms with Crippen LogP contribution in [0.2, 0.25) is 0 Å². The Labute approximate surface area is 703 Å². The van der Waals surface area contributed by atoms with Gasteiger partial charge in [-0.1, -0.05) is 24.3 Å². The summed E-state index contributed by atoms with van der Waals surface area (Å²) < 4.78 is 143. The second-order valence-corrected chi connectivity index (χ2v) is 30.7. The highest BCUT2D eigenvalue weighted by Crippen LogP contribution is 2.37. The molecule has 123 heavy (non-hydrogen) atoms. The molecule has 0 aliphatic carbocycles. The minimum absolute atomic E-state index is 0.0204. The van der Waals surface area contributed by atoms with Crippen molar-refractivity contribution in [3.63, 3.8) is 0 Å². The van der Waals surface area contributed by atoms with Crippen LogP contribution in [0, 0.1) is 0 Å². The maximum absolute atomic E-state index is 13.1. The van der Waals surface area contributed by atoms with Crippen LogP contribution in [0.3, 0.4) is 0 Å². The second-order valence-electron chi connectivity index (χ2n) is 29.9. The summed E-state index contributed by atoms with van der Waals surface area (Å²) in [4.78, 5) is 93.5. The molecule has 0 spiro atoms. The number of nitrogens with zero attached hydrogens (tertiary/aromatic N) is 28. The zero-order chi connectivity index (χ0) is 85.6. The third-order valence-electron chi connectivity index (χ3n) is 21.9. The molecule has 4 saturated heterocycles. The average molecular weight is 1760 g/mol. The zero-order valence-corrected chi connectivity index (χ0v) is 68.1. The van der Waals surface area contributed by atoms with E-state index < -0.39 is 35.6 Å². The lowest BCUT2D eigenvalue weighted by Gasteiger charge is -2.43. The summed E-state index contributed by atoms with van der Waals surface area (Å²) in [6.45, 7) is 19.2. The number of aliphatic imine (C=N–C) groups is 4. The van der Waals surface area contributed by atoms with Gasteiger partial charge in [0.25, 0.3) is 0 Å². The summed E-state index contributed by atoms with van der Waals surface area (Å²) in [5, 5.41) is 3.61. The van der Waals surface area contributed by atoms with E-state index in [0.29, 0.717) is 97.7 Å². The van der Waals surface area contributed by atoms with Gasteiger partial charge in [-0.05, 0) is 104 Å². The molecule has 42 heteroatoms.